The Morgan fingerprint density at radius 2 is 2.04 bits per heavy atom. The van der Waals surface area contributed by atoms with E-state index >= 15 is 0 Å². The van der Waals surface area contributed by atoms with Crippen LogP contribution in [0.25, 0.3) is 0 Å². The summed E-state index contributed by atoms with van der Waals surface area (Å²) in [5.41, 5.74) is 2.03. The highest BCUT2D eigenvalue weighted by molar-refractivity contribution is 6.06. The van der Waals surface area contributed by atoms with Gasteiger partial charge in [-0.2, -0.15) is 0 Å². The Hall–Kier alpha value is -2.70. The maximum atomic E-state index is 12.9. The van der Waals surface area contributed by atoms with E-state index in [-0.39, 0.29) is 17.6 Å². The first-order chi connectivity index (χ1) is 11.4. The summed E-state index contributed by atoms with van der Waals surface area (Å²) in [6.07, 6.45) is 0. The van der Waals surface area contributed by atoms with Crippen LogP contribution in [-0.4, -0.2) is 29.6 Å². The molecule has 1 aliphatic heterocycles. The number of carbonyl (C=O) groups is 2. The number of rotatable bonds is 4. The minimum Gasteiger partial charge on any atom is -0.361 e. The molecule has 1 fully saturated rings. The molecule has 24 heavy (non-hydrogen) atoms. The molecule has 0 radical (unpaired) electrons. The van der Waals surface area contributed by atoms with E-state index in [1.54, 1.807) is 20.8 Å². The number of nitrogens with one attached hydrogen (secondary N) is 1. The summed E-state index contributed by atoms with van der Waals surface area (Å²) in [5, 5.41) is 6.59. The summed E-state index contributed by atoms with van der Waals surface area (Å²) in [5.74, 6) is -0.667. The Bertz CT molecular complexity index is 765. The lowest BCUT2D eigenvalue weighted by molar-refractivity contribution is -0.131. The molecule has 0 bridgehead atoms. The van der Waals surface area contributed by atoms with Gasteiger partial charge in [0.05, 0.1) is 18.2 Å². The predicted octanol–water partition coefficient (Wildman–Crippen LogP) is 2.07. The molecule has 1 aliphatic rings. The van der Waals surface area contributed by atoms with E-state index in [0.29, 0.717) is 23.7 Å². The van der Waals surface area contributed by atoms with Crippen LogP contribution in [0.1, 0.15) is 29.9 Å². The number of hydrogen-bond donors (Lipinski definition) is 1. The largest absolute Gasteiger partial charge is 0.361 e. The van der Waals surface area contributed by atoms with Crippen LogP contribution in [0.5, 0.6) is 0 Å². The van der Waals surface area contributed by atoms with Gasteiger partial charge in [0.1, 0.15) is 17.6 Å². The Morgan fingerprint density at radius 1 is 1.38 bits per heavy atom. The lowest BCUT2D eigenvalue weighted by atomic mass is 9.97. The fraction of sp³-hybridized carbons (Fsp3) is 0.353. The van der Waals surface area contributed by atoms with Crippen LogP contribution in [0.2, 0.25) is 0 Å². The maximum absolute atomic E-state index is 12.9. The van der Waals surface area contributed by atoms with Crippen molar-refractivity contribution in [3.63, 3.8) is 0 Å². The number of aromatic nitrogens is 1. The van der Waals surface area contributed by atoms with Crippen LogP contribution in [0.3, 0.4) is 0 Å². The molecule has 6 nitrogen and oxygen atoms in total. The number of halogens is 1. The standard InChI is InChI=1S/C17H18FN3O3/c1-9(15-10(2)20-24-11(15)3)16(22)19-14-8-21(17(14)23)13-6-4-12(18)5-7-13/h4-7,9,14H,8H2,1-3H3,(H,19,22)/t9-,14-/m1/s1. The van der Waals surface area contributed by atoms with Crippen LogP contribution in [-0.2, 0) is 9.59 Å². The molecule has 2 atom stereocenters. The Balaban J connectivity index is 1.63. The minimum absolute atomic E-state index is 0.207. The lowest BCUT2D eigenvalue weighted by Gasteiger charge is -2.39. The van der Waals surface area contributed by atoms with E-state index in [4.69, 9.17) is 4.52 Å². The first kappa shape index (κ1) is 16.2. The molecule has 0 aliphatic carbocycles. The smallest absolute Gasteiger partial charge is 0.251 e. The predicted molar refractivity (Wildman–Crippen MR) is 85.1 cm³/mol. The van der Waals surface area contributed by atoms with Crippen molar-refractivity contribution in [1.29, 1.82) is 0 Å². The summed E-state index contributed by atoms with van der Waals surface area (Å²) in [7, 11) is 0. The van der Waals surface area contributed by atoms with Crippen molar-refractivity contribution >= 4 is 17.5 Å². The molecule has 126 valence electrons. The second kappa shape index (κ2) is 6.07. The molecule has 2 aromatic rings. The number of hydrogen-bond acceptors (Lipinski definition) is 4. The molecular formula is C17H18FN3O3. The van der Waals surface area contributed by atoms with Gasteiger partial charge in [-0.1, -0.05) is 5.16 Å². The van der Waals surface area contributed by atoms with Crippen molar-refractivity contribution < 1.29 is 18.5 Å². The SMILES string of the molecule is Cc1noc(C)c1[C@@H](C)C(=O)N[C@@H]1CN(c2ccc(F)cc2)C1=O. The Labute approximate surface area is 138 Å². The third-order valence-electron chi connectivity index (χ3n) is 4.30. The summed E-state index contributed by atoms with van der Waals surface area (Å²) >= 11 is 0. The first-order valence-electron chi connectivity index (χ1n) is 7.68. The molecule has 1 N–H and O–H groups in total. The van der Waals surface area contributed by atoms with E-state index in [1.165, 1.54) is 29.2 Å². The molecule has 0 saturated carbocycles. The van der Waals surface area contributed by atoms with Gasteiger partial charge in [0.2, 0.25) is 5.91 Å². The zero-order valence-electron chi connectivity index (χ0n) is 13.7. The number of anilines is 1. The van der Waals surface area contributed by atoms with E-state index in [9.17, 15) is 14.0 Å². The van der Waals surface area contributed by atoms with Crippen molar-refractivity contribution in [2.75, 3.05) is 11.4 Å². The highest BCUT2D eigenvalue weighted by Gasteiger charge is 2.39. The lowest BCUT2D eigenvalue weighted by Crippen LogP contribution is -2.64. The number of nitrogens with zero attached hydrogens (tertiary/aromatic N) is 2. The molecule has 0 unspecified atom stereocenters. The van der Waals surface area contributed by atoms with Gasteiger partial charge in [0.15, 0.2) is 0 Å². The third-order valence-corrected chi connectivity index (χ3v) is 4.30. The molecule has 3 rings (SSSR count). The second-order valence-corrected chi connectivity index (χ2v) is 5.95. The van der Waals surface area contributed by atoms with Crippen molar-refractivity contribution in [3.05, 3.63) is 47.1 Å². The first-order valence-corrected chi connectivity index (χ1v) is 7.68. The minimum atomic E-state index is -0.564. The molecule has 2 amide bonds. The van der Waals surface area contributed by atoms with E-state index < -0.39 is 12.0 Å². The van der Waals surface area contributed by atoms with Crippen molar-refractivity contribution in [3.8, 4) is 0 Å². The van der Waals surface area contributed by atoms with E-state index in [1.807, 2.05) is 0 Å². The number of amides is 2. The number of aryl methyl sites for hydroxylation is 2. The monoisotopic (exact) mass is 331 g/mol. The average Bonchev–Trinajstić information content (AvgIpc) is 2.89. The van der Waals surface area contributed by atoms with Gasteiger partial charge in [-0.05, 0) is 45.0 Å². The third kappa shape index (κ3) is 2.77. The molecule has 2 heterocycles. The van der Waals surface area contributed by atoms with Gasteiger partial charge < -0.3 is 14.7 Å². The van der Waals surface area contributed by atoms with Gasteiger partial charge in [-0.15, -0.1) is 0 Å². The van der Waals surface area contributed by atoms with Crippen molar-refractivity contribution in [2.45, 2.75) is 32.7 Å². The summed E-state index contributed by atoms with van der Waals surface area (Å²) in [6.45, 7) is 5.65. The van der Waals surface area contributed by atoms with Gasteiger partial charge in [-0.25, -0.2) is 4.39 Å². The van der Waals surface area contributed by atoms with Crippen molar-refractivity contribution in [2.24, 2.45) is 0 Å². The second-order valence-electron chi connectivity index (χ2n) is 5.95. The summed E-state index contributed by atoms with van der Waals surface area (Å²) < 4.78 is 18.0. The summed E-state index contributed by atoms with van der Waals surface area (Å²) in [6, 6.07) is 5.11. The fourth-order valence-corrected chi connectivity index (χ4v) is 2.92. The molecule has 1 aromatic carbocycles. The van der Waals surface area contributed by atoms with Crippen LogP contribution >= 0.6 is 0 Å². The summed E-state index contributed by atoms with van der Waals surface area (Å²) in [4.78, 5) is 26.1. The van der Waals surface area contributed by atoms with Crippen molar-refractivity contribution in [1.82, 2.24) is 10.5 Å². The molecule has 0 spiro atoms. The highest BCUT2D eigenvalue weighted by atomic mass is 19.1. The zero-order valence-corrected chi connectivity index (χ0v) is 13.7. The fourth-order valence-electron chi connectivity index (χ4n) is 2.92. The normalized spacial score (nSPS) is 18.2. The molecule has 1 saturated heterocycles. The van der Waals surface area contributed by atoms with E-state index in [2.05, 4.69) is 10.5 Å². The average molecular weight is 331 g/mol. The number of carbonyl (C=O) groups excluding carboxylic acids is 2. The van der Waals surface area contributed by atoms with Gasteiger partial charge >= 0.3 is 0 Å². The zero-order chi connectivity index (χ0) is 17.4. The number of benzene rings is 1. The van der Waals surface area contributed by atoms with Crippen LogP contribution < -0.4 is 10.2 Å². The Morgan fingerprint density at radius 3 is 2.58 bits per heavy atom. The van der Waals surface area contributed by atoms with Gasteiger partial charge in [0.25, 0.3) is 5.91 Å². The number of β-lactam (4-membered cyclic amide) rings is 1. The molecular weight excluding hydrogens is 313 g/mol. The highest BCUT2D eigenvalue weighted by Crippen LogP contribution is 2.25. The topological polar surface area (TPSA) is 75.4 Å². The van der Waals surface area contributed by atoms with Crippen LogP contribution in [0.15, 0.2) is 28.8 Å². The quantitative estimate of drug-likeness (QED) is 0.870. The van der Waals surface area contributed by atoms with Crippen LogP contribution in [0, 0.1) is 19.7 Å². The van der Waals surface area contributed by atoms with Gasteiger partial charge in [-0.3, -0.25) is 9.59 Å². The van der Waals surface area contributed by atoms with Crippen LogP contribution in [0.4, 0.5) is 10.1 Å². The van der Waals surface area contributed by atoms with E-state index in [0.717, 1.165) is 5.56 Å². The molecule has 7 heteroatoms. The Kier molecular flexibility index (Phi) is 4.09. The molecule has 1 aromatic heterocycles. The maximum Gasteiger partial charge on any atom is 0.251 e. The van der Waals surface area contributed by atoms with Gasteiger partial charge in [0, 0.05) is 11.3 Å².